The smallest absolute Gasteiger partial charge is 0.223 e. The predicted molar refractivity (Wildman–Crippen MR) is 86.3 cm³/mol. The van der Waals surface area contributed by atoms with Gasteiger partial charge >= 0.3 is 0 Å². The summed E-state index contributed by atoms with van der Waals surface area (Å²) in [4.78, 5) is 15.4. The summed E-state index contributed by atoms with van der Waals surface area (Å²) < 4.78 is 13.5. The number of halogens is 1. The molecule has 22 heavy (non-hydrogen) atoms. The minimum absolute atomic E-state index is 0.0201. The number of carbonyl (C=O) groups excluding carboxylic acids is 1. The van der Waals surface area contributed by atoms with E-state index in [0.717, 1.165) is 42.1 Å². The maximum atomic E-state index is 13.5. The Balaban J connectivity index is 1.78. The Kier molecular flexibility index (Phi) is 3.94. The lowest BCUT2D eigenvalue weighted by Crippen LogP contribution is -2.36. The van der Waals surface area contributed by atoms with Crippen LogP contribution in [0.3, 0.4) is 0 Å². The fourth-order valence-electron chi connectivity index (χ4n) is 3.28. The molecule has 1 aromatic carbocycles. The van der Waals surface area contributed by atoms with Crippen molar-refractivity contribution >= 4 is 16.8 Å². The number of amides is 1. The standard InChI is InChI=1S/C18H23FN2O/c1-3-12(4-2)17(22)21-11-18(7-8-18)15-10-20-16-6-5-13(19)9-14(15)16/h5-6,9-10,12,20H,3-4,7-8,11H2,1-2H3,(H,21,22). The summed E-state index contributed by atoms with van der Waals surface area (Å²) >= 11 is 0. The topological polar surface area (TPSA) is 44.9 Å². The Bertz CT molecular complexity index is 683. The highest BCUT2D eigenvalue weighted by Gasteiger charge is 2.46. The van der Waals surface area contributed by atoms with Crippen LogP contribution in [-0.2, 0) is 10.2 Å². The molecule has 1 aliphatic rings. The molecule has 0 unspecified atom stereocenters. The highest BCUT2D eigenvalue weighted by Crippen LogP contribution is 2.50. The molecule has 0 aliphatic heterocycles. The number of fused-ring (bicyclic) bond motifs is 1. The monoisotopic (exact) mass is 302 g/mol. The number of nitrogens with one attached hydrogen (secondary N) is 2. The lowest BCUT2D eigenvalue weighted by atomic mass is 9.94. The van der Waals surface area contributed by atoms with Gasteiger partial charge < -0.3 is 10.3 Å². The Labute approximate surface area is 130 Å². The van der Waals surface area contributed by atoms with Crippen molar-refractivity contribution in [3.63, 3.8) is 0 Å². The highest BCUT2D eigenvalue weighted by molar-refractivity contribution is 5.85. The van der Waals surface area contributed by atoms with E-state index in [4.69, 9.17) is 0 Å². The van der Waals surface area contributed by atoms with Gasteiger partial charge in [-0.15, -0.1) is 0 Å². The van der Waals surface area contributed by atoms with Gasteiger partial charge in [0.1, 0.15) is 5.82 Å². The molecule has 0 bridgehead atoms. The lowest BCUT2D eigenvalue weighted by Gasteiger charge is -2.18. The van der Waals surface area contributed by atoms with E-state index in [-0.39, 0.29) is 23.1 Å². The molecule has 0 saturated heterocycles. The second-order valence-electron chi connectivity index (χ2n) is 6.40. The second kappa shape index (κ2) is 5.75. The molecule has 4 heteroatoms. The van der Waals surface area contributed by atoms with Gasteiger partial charge in [0.05, 0.1) is 0 Å². The van der Waals surface area contributed by atoms with Crippen molar-refractivity contribution in [2.45, 2.75) is 44.9 Å². The molecule has 1 heterocycles. The van der Waals surface area contributed by atoms with E-state index in [1.807, 2.05) is 20.0 Å². The Morgan fingerprint density at radius 3 is 2.73 bits per heavy atom. The summed E-state index contributed by atoms with van der Waals surface area (Å²) in [6.07, 6.45) is 5.79. The molecule has 1 saturated carbocycles. The first kappa shape index (κ1) is 15.1. The largest absolute Gasteiger partial charge is 0.361 e. The maximum absolute atomic E-state index is 13.5. The molecule has 3 rings (SSSR count). The van der Waals surface area contributed by atoms with E-state index in [0.29, 0.717) is 6.54 Å². The van der Waals surface area contributed by atoms with Gasteiger partial charge in [0, 0.05) is 35.0 Å². The third kappa shape index (κ3) is 2.62. The summed E-state index contributed by atoms with van der Waals surface area (Å²) in [7, 11) is 0. The molecule has 0 spiro atoms. The predicted octanol–water partition coefficient (Wildman–Crippen LogP) is 3.89. The number of rotatable bonds is 6. The number of hydrogen-bond acceptors (Lipinski definition) is 1. The van der Waals surface area contributed by atoms with Crippen LogP contribution < -0.4 is 5.32 Å². The van der Waals surface area contributed by atoms with E-state index in [1.165, 1.54) is 6.07 Å². The third-order valence-electron chi connectivity index (χ3n) is 5.03. The SMILES string of the molecule is CCC(CC)C(=O)NCC1(c2c[nH]c3ccc(F)cc23)CC1. The van der Waals surface area contributed by atoms with Gasteiger partial charge in [0.25, 0.3) is 0 Å². The molecule has 0 atom stereocenters. The van der Waals surface area contributed by atoms with Crippen LogP contribution in [0.5, 0.6) is 0 Å². The van der Waals surface area contributed by atoms with E-state index in [2.05, 4.69) is 10.3 Å². The van der Waals surface area contributed by atoms with Crippen LogP contribution in [-0.4, -0.2) is 17.4 Å². The zero-order valence-electron chi connectivity index (χ0n) is 13.2. The summed E-state index contributed by atoms with van der Waals surface area (Å²) in [5.74, 6) is 0.0173. The summed E-state index contributed by atoms with van der Waals surface area (Å²) in [5.41, 5.74) is 2.06. The van der Waals surface area contributed by atoms with E-state index in [9.17, 15) is 9.18 Å². The summed E-state index contributed by atoms with van der Waals surface area (Å²) in [6, 6.07) is 4.83. The zero-order valence-corrected chi connectivity index (χ0v) is 13.2. The van der Waals surface area contributed by atoms with Crippen LogP contribution in [0.15, 0.2) is 24.4 Å². The van der Waals surface area contributed by atoms with Gasteiger partial charge in [0.15, 0.2) is 0 Å². The maximum Gasteiger partial charge on any atom is 0.223 e. The van der Waals surface area contributed by atoms with E-state index in [1.54, 1.807) is 12.1 Å². The second-order valence-corrected chi connectivity index (χ2v) is 6.40. The van der Waals surface area contributed by atoms with Crippen molar-refractivity contribution in [1.29, 1.82) is 0 Å². The van der Waals surface area contributed by atoms with Gasteiger partial charge in [-0.3, -0.25) is 4.79 Å². The van der Waals surface area contributed by atoms with E-state index >= 15 is 0 Å². The van der Waals surface area contributed by atoms with Gasteiger partial charge in [-0.2, -0.15) is 0 Å². The van der Waals surface area contributed by atoms with Gasteiger partial charge in [-0.25, -0.2) is 4.39 Å². The van der Waals surface area contributed by atoms with Crippen LogP contribution in [0.4, 0.5) is 4.39 Å². The first-order valence-electron chi connectivity index (χ1n) is 8.14. The van der Waals surface area contributed by atoms with Gasteiger partial charge in [-0.05, 0) is 49.4 Å². The number of benzene rings is 1. The first-order chi connectivity index (χ1) is 10.6. The summed E-state index contributed by atoms with van der Waals surface area (Å²) in [5, 5.41) is 4.05. The fourth-order valence-corrected chi connectivity index (χ4v) is 3.28. The molecule has 1 aliphatic carbocycles. The Morgan fingerprint density at radius 2 is 2.09 bits per heavy atom. The van der Waals surface area contributed by atoms with Crippen LogP contribution in [0.1, 0.15) is 45.1 Å². The van der Waals surface area contributed by atoms with Gasteiger partial charge in [0.2, 0.25) is 5.91 Å². The molecule has 2 aromatic rings. The Morgan fingerprint density at radius 1 is 1.36 bits per heavy atom. The molecule has 1 amide bonds. The van der Waals surface area contributed by atoms with Crippen molar-refractivity contribution in [3.8, 4) is 0 Å². The van der Waals surface area contributed by atoms with Crippen LogP contribution >= 0.6 is 0 Å². The molecule has 1 aromatic heterocycles. The minimum Gasteiger partial charge on any atom is -0.361 e. The molecule has 3 nitrogen and oxygen atoms in total. The average Bonchev–Trinajstić information content (AvgIpc) is 3.19. The van der Waals surface area contributed by atoms with Crippen molar-refractivity contribution in [2.24, 2.45) is 5.92 Å². The summed E-state index contributed by atoms with van der Waals surface area (Å²) in [6.45, 7) is 4.73. The quantitative estimate of drug-likeness (QED) is 0.835. The Hall–Kier alpha value is -1.84. The fraction of sp³-hybridized carbons (Fsp3) is 0.500. The van der Waals surface area contributed by atoms with Crippen molar-refractivity contribution in [3.05, 3.63) is 35.8 Å². The molecule has 2 N–H and O–H groups in total. The average molecular weight is 302 g/mol. The van der Waals surface area contributed by atoms with Crippen molar-refractivity contribution < 1.29 is 9.18 Å². The minimum atomic E-state index is -0.217. The highest BCUT2D eigenvalue weighted by atomic mass is 19.1. The van der Waals surface area contributed by atoms with Crippen molar-refractivity contribution in [1.82, 2.24) is 10.3 Å². The third-order valence-corrected chi connectivity index (χ3v) is 5.03. The number of H-pyrrole nitrogens is 1. The molecule has 0 radical (unpaired) electrons. The van der Waals surface area contributed by atoms with E-state index < -0.39 is 0 Å². The van der Waals surface area contributed by atoms with Crippen LogP contribution in [0.25, 0.3) is 10.9 Å². The lowest BCUT2D eigenvalue weighted by molar-refractivity contribution is -0.125. The van der Waals surface area contributed by atoms with Crippen LogP contribution in [0, 0.1) is 11.7 Å². The molecular formula is C18H23FN2O. The van der Waals surface area contributed by atoms with Crippen molar-refractivity contribution in [2.75, 3.05) is 6.54 Å². The van der Waals surface area contributed by atoms with Gasteiger partial charge in [-0.1, -0.05) is 13.8 Å². The number of aromatic amines is 1. The number of carbonyl (C=O) groups is 1. The number of hydrogen-bond donors (Lipinski definition) is 2. The van der Waals surface area contributed by atoms with Crippen LogP contribution in [0.2, 0.25) is 0 Å². The molecule has 1 fully saturated rings. The zero-order chi connectivity index (χ0) is 15.7. The normalized spacial score (nSPS) is 16.2. The number of aromatic nitrogens is 1. The molecule has 118 valence electrons. The molecular weight excluding hydrogens is 279 g/mol. The first-order valence-corrected chi connectivity index (χ1v) is 8.14.